The van der Waals surface area contributed by atoms with Crippen LogP contribution in [0.5, 0.6) is 0 Å². The number of aliphatic hydroxyl groups excluding tert-OH is 1. The number of fused-ring (bicyclic) bond motifs is 1. The molecule has 2 rings (SSSR count). The van der Waals surface area contributed by atoms with E-state index in [1.807, 2.05) is 12.1 Å². The number of unbranched alkanes of at least 4 members (excludes halogenated alkanes) is 1. The molecule has 1 aromatic heterocycles. The molecule has 1 nitrogen and oxygen atoms in total. The summed E-state index contributed by atoms with van der Waals surface area (Å²) < 4.78 is 1.27. The predicted molar refractivity (Wildman–Crippen MR) is 66.3 cm³/mol. The molecule has 2 aromatic rings. The van der Waals surface area contributed by atoms with Crippen LogP contribution in [0.4, 0.5) is 0 Å². The predicted octanol–water partition coefficient (Wildman–Crippen LogP) is 4.12. The summed E-state index contributed by atoms with van der Waals surface area (Å²) in [5.41, 5.74) is 0. The fraction of sp³-hybridized carbons (Fsp3) is 0.385. The molecule has 2 heteroatoms. The van der Waals surface area contributed by atoms with Crippen LogP contribution in [0.15, 0.2) is 30.3 Å². The molecule has 80 valence electrons. The largest absolute Gasteiger partial charge is 0.388 e. The van der Waals surface area contributed by atoms with Crippen molar-refractivity contribution in [2.24, 2.45) is 0 Å². The van der Waals surface area contributed by atoms with Gasteiger partial charge in [0.25, 0.3) is 0 Å². The minimum atomic E-state index is -0.276. The lowest BCUT2D eigenvalue weighted by atomic mass is 10.1. The van der Waals surface area contributed by atoms with Gasteiger partial charge in [0.1, 0.15) is 0 Å². The van der Waals surface area contributed by atoms with Gasteiger partial charge in [0.15, 0.2) is 0 Å². The van der Waals surface area contributed by atoms with Gasteiger partial charge in [0.05, 0.1) is 6.10 Å². The van der Waals surface area contributed by atoms with E-state index in [4.69, 9.17) is 0 Å². The van der Waals surface area contributed by atoms with Crippen LogP contribution >= 0.6 is 11.3 Å². The van der Waals surface area contributed by atoms with Crippen LogP contribution in [-0.4, -0.2) is 5.11 Å². The van der Waals surface area contributed by atoms with Crippen LogP contribution in [-0.2, 0) is 0 Å². The van der Waals surface area contributed by atoms with Gasteiger partial charge in [-0.1, -0.05) is 38.0 Å². The summed E-state index contributed by atoms with van der Waals surface area (Å²) in [4.78, 5) is 1.10. The fourth-order valence-electron chi connectivity index (χ4n) is 1.71. The molecule has 0 radical (unpaired) electrons. The smallest absolute Gasteiger partial charge is 0.0882 e. The van der Waals surface area contributed by atoms with E-state index in [0.717, 1.165) is 24.1 Å². The minimum absolute atomic E-state index is 0.276. The second-order valence-corrected chi connectivity index (χ2v) is 4.96. The molecule has 0 bridgehead atoms. The van der Waals surface area contributed by atoms with Gasteiger partial charge in [0.2, 0.25) is 0 Å². The van der Waals surface area contributed by atoms with Crippen molar-refractivity contribution >= 4 is 21.4 Å². The molecule has 0 aliphatic carbocycles. The lowest BCUT2D eigenvalue weighted by Gasteiger charge is -2.05. The third kappa shape index (κ3) is 2.39. The van der Waals surface area contributed by atoms with Crippen LogP contribution in [0, 0.1) is 0 Å². The summed E-state index contributed by atoms with van der Waals surface area (Å²) in [6.45, 7) is 2.15. The lowest BCUT2D eigenvalue weighted by molar-refractivity contribution is 0.168. The van der Waals surface area contributed by atoms with Gasteiger partial charge in [-0.25, -0.2) is 0 Å². The number of aliphatic hydroxyl groups is 1. The Labute approximate surface area is 94.4 Å². The summed E-state index contributed by atoms with van der Waals surface area (Å²) in [5, 5.41) is 11.2. The van der Waals surface area contributed by atoms with Crippen molar-refractivity contribution in [2.75, 3.05) is 0 Å². The molecule has 0 aliphatic heterocycles. The highest BCUT2D eigenvalue weighted by Gasteiger charge is 2.10. The topological polar surface area (TPSA) is 20.2 Å². The Morgan fingerprint density at radius 2 is 2.13 bits per heavy atom. The third-order valence-electron chi connectivity index (χ3n) is 2.60. The number of thiophene rings is 1. The summed E-state index contributed by atoms with van der Waals surface area (Å²) >= 11 is 1.71. The summed E-state index contributed by atoms with van der Waals surface area (Å²) in [5.74, 6) is 0. The van der Waals surface area contributed by atoms with Crippen molar-refractivity contribution in [2.45, 2.75) is 32.3 Å². The first-order valence-electron chi connectivity index (χ1n) is 5.48. The van der Waals surface area contributed by atoms with Gasteiger partial charge in [-0.3, -0.25) is 0 Å². The van der Waals surface area contributed by atoms with E-state index in [9.17, 15) is 5.11 Å². The molecule has 0 saturated carbocycles. The quantitative estimate of drug-likeness (QED) is 0.821. The SMILES string of the molecule is CCCC[C@@H](O)c1cc2ccccc2s1. The highest BCUT2D eigenvalue weighted by Crippen LogP contribution is 2.31. The minimum Gasteiger partial charge on any atom is -0.388 e. The summed E-state index contributed by atoms with van der Waals surface area (Å²) in [7, 11) is 0. The van der Waals surface area contributed by atoms with E-state index in [1.165, 1.54) is 10.1 Å². The maximum absolute atomic E-state index is 9.96. The highest BCUT2D eigenvalue weighted by atomic mass is 32.1. The van der Waals surface area contributed by atoms with Crippen LogP contribution in [0.1, 0.15) is 37.2 Å². The maximum Gasteiger partial charge on any atom is 0.0882 e. The molecule has 1 aromatic carbocycles. The first-order valence-corrected chi connectivity index (χ1v) is 6.29. The first-order chi connectivity index (χ1) is 7.31. The molecule has 0 spiro atoms. The summed E-state index contributed by atoms with van der Waals surface area (Å²) in [6.07, 6.45) is 2.84. The number of hydrogen-bond donors (Lipinski definition) is 1. The monoisotopic (exact) mass is 220 g/mol. The molecular weight excluding hydrogens is 204 g/mol. The van der Waals surface area contributed by atoms with Gasteiger partial charge in [0, 0.05) is 9.58 Å². The molecule has 0 unspecified atom stereocenters. The van der Waals surface area contributed by atoms with E-state index < -0.39 is 0 Å². The summed E-state index contributed by atoms with van der Waals surface area (Å²) in [6, 6.07) is 10.4. The zero-order valence-corrected chi connectivity index (χ0v) is 9.76. The van der Waals surface area contributed by atoms with E-state index >= 15 is 0 Å². The normalized spacial score (nSPS) is 13.2. The zero-order chi connectivity index (χ0) is 10.7. The molecule has 0 fully saturated rings. The number of hydrogen-bond acceptors (Lipinski definition) is 2. The molecule has 0 amide bonds. The van der Waals surface area contributed by atoms with Crippen molar-refractivity contribution in [3.63, 3.8) is 0 Å². The lowest BCUT2D eigenvalue weighted by Crippen LogP contribution is -1.93. The Bertz CT molecular complexity index is 400. The average molecular weight is 220 g/mol. The van der Waals surface area contributed by atoms with E-state index in [0.29, 0.717) is 0 Å². The molecule has 0 saturated heterocycles. The second-order valence-electron chi connectivity index (χ2n) is 3.84. The molecular formula is C13H16OS. The van der Waals surface area contributed by atoms with Gasteiger partial charge in [-0.2, -0.15) is 0 Å². The first kappa shape index (κ1) is 10.7. The van der Waals surface area contributed by atoms with Crippen LogP contribution < -0.4 is 0 Å². The Morgan fingerprint density at radius 1 is 1.33 bits per heavy atom. The van der Waals surface area contributed by atoms with Gasteiger partial charge < -0.3 is 5.11 Å². The van der Waals surface area contributed by atoms with Crippen molar-refractivity contribution in [3.8, 4) is 0 Å². The Morgan fingerprint density at radius 3 is 2.87 bits per heavy atom. The van der Waals surface area contributed by atoms with Gasteiger partial charge >= 0.3 is 0 Å². The molecule has 1 heterocycles. The molecule has 15 heavy (non-hydrogen) atoms. The highest BCUT2D eigenvalue weighted by molar-refractivity contribution is 7.19. The van der Waals surface area contributed by atoms with Gasteiger partial charge in [-0.15, -0.1) is 11.3 Å². The molecule has 1 N–H and O–H groups in total. The molecule has 0 aliphatic rings. The van der Waals surface area contributed by atoms with Crippen LogP contribution in [0.2, 0.25) is 0 Å². The van der Waals surface area contributed by atoms with Gasteiger partial charge in [-0.05, 0) is 23.9 Å². The van der Waals surface area contributed by atoms with E-state index in [-0.39, 0.29) is 6.10 Å². The maximum atomic E-state index is 9.96. The Kier molecular flexibility index (Phi) is 3.39. The van der Waals surface area contributed by atoms with Crippen molar-refractivity contribution < 1.29 is 5.11 Å². The number of rotatable bonds is 4. The average Bonchev–Trinajstić information content (AvgIpc) is 2.69. The van der Waals surface area contributed by atoms with Crippen molar-refractivity contribution in [3.05, 3.63) is 35.2 Å². The van der Waals surface area contributed by atoms with E-state index in [2.05, 4.69) is 25.1 Å². The van der Waals surface area contributed by atoms with Crippen molar-refractivity contribution in [1.29, 1.82) is 0 Å². The molecule has 1 atom stereocenters. The van der Waals surface area contributed by atoms with Crippen LogP contribution in [0.3, 0.4) is 0 Å². The Balaban J connectivity index is 2.20. The van der Waals surface area contributed by atoms with E-state index in [1.54, 1.807) is 11.3 Å². The standard InChI is InChI=1S/C13H16OS/c1-2-3-7-11(14)13-9-10-6-4-5-8-12(10)15-13/h4-6,8-9,11,14H,2-3,7H2,1H3/t11-/m1/s1. The zero-order valence-electron chi connectivity index (χ0n) is 8.94. The Hall–Kier alpha value is -0.860. The van der Waals surface area contributed by atoms with Crippen molar-refractivity contribution in [1.82, 2.24) is 0 Å². The third-order valence-corrected chi connectivity index (χ3v) is 3.82. The fourth-order valence-corrected chi connectivity index (χ4v) is 2.79. The second kappa shape index (κ2) is 4.77. The van der Waals surface area contributed by atoms with Crippen LogP contribution in [0.25, 0.3) is 10.1 Å². The number of benzene rings is 1.